The van der Waals surface area contributed by atoms with Crippen molar-refractivity contribution in [3.8, 4) is 0 Å². The Morgan fingerprint density at radius 1 is 0.967 bits per heavy atom. The molecule has 3 aromatic carbocycles. The molecular formula is C24H22FN3O2. The number of rotatable bonds is 5. The average molecular weight is 403 g/mol. The van der Waals surface area contributed by atoms with Crippen molar-refractivity contribution in [2.24, 2.45) is 0 Å². The zero-order valence-corrected chi connectivity index (χ0v) is 16.4. The monoisotopic (exact) mass is 403 g/mol. The summed E-state index contributed by atoms with van der Waals surface area (Å²) in [5.74, 6) is -0.448. The molecule has 0 bridgehead atoms. The van der Waals surface area contributed by atoms with Crippen molar-refractivity contribution in [3.63, 3.8) is 0 Å². The Kier molecular flexibility index (Phi) is 5.75. The summed E-state index contributed by atoms with van der Waals surface area (Å²) >= 11 is 0. The van der Waals surface area contributed by atoms with E-state index in [4.69, 9.17) is 0 Å². The lowest BCUT2D eigenvalue weighted by Gasteiger charge is -2.25. The van der Waals surface area contributed by atoms with Crippen LogP contribution in [0.25, 0.3) is 0 Å². The third kappa shape index (κ3) is 4.49. The SMILES string of the molecule is O=C1C[C@H](NC(=O)N(Cc2ccccc2)c2ccccc2)CN1c1ccc(F)cc1. The zero-order valence-electron chi connectivity index (χ0n) is 16.4. The molecule has 6 heteroatoms. The molecule has 1 saturated heterocycles. The maximum atomic E-state index is 13.2. The molecule has 1 fully saturated rings. The van der Waals surface area contributed by atoms with E-state index in [1.807, 2.05) is 60.7 Å². The van der Waals surface area contributed by atoms with E-state index in [1.54, 1.807) is 21.9 Å². The van der Waals surface area contributed by atoms with Gasteiger partial charge >= 0.3 is 6.03 Å². The number of nitrogens with one attached hydrogen (secondary N) is 1. The molecule has 3 aromatic rings. The van der Waals surface area contributed by atoms with E-state index in [0.717, 1.165) is 11.3 Å². The maximum absolute atomic E-state index is 13.2. The predicted octanol–water partition coefficient (Wildman–Crippen LogP) is 4.35. The number of nitrogens with zero attached hydrogens (tertiary/aromatic N) is 2. The summed E-state index contributed by atoms with van der Waals surface area (Å²) < 4.78 is 13.2. The van der Waals surface area contributed by atoms with Crippen molar-refractivity contribution in [1.82, 2.24) is 5.32 Å². The first-order valence-electron chi connectivity index (χ1n) is 9.83. The summed E-state index contributed by atoms with van der Waals surface area (Å²) in [6.07, 6.45) is 0.205. The van der Waals surface area contributed by atoms with Gasteiger partial charge in [-0.1, -0.05) is 48.5 Å². The largest absolute Gasteiger partial charge is 0.333 e. The fourth-order valence-corrected chi connectivity index (χ4v) is 3.58. The maximum Gasteiger partial charge on any atom is 0.322 e. The summed E-state index contributed by atoms with van der Waals surface area (Å²) in [6, 6.07) is 24.4. The topological polar surface area (TPSA) is 52.7 Å². The zero-order chi connectivity index (χ0) is 20.9. The molecule has 1 aliphatic rings. The highest BCUT2D eigenvalue weighted by Crippen LogP contribution is 2.23. The summed E-state index contributed by atoms with van der Waals surface area (Å²) in [7, 11) is 0. The molecule has 1 atom stereocenters. The lowest BCUT2D eigenvalue weighted by atomic mass is 10.2. The Balaban J connectivity index is 1.48. The van der Waals surface area contributed by atoms with Crippen LogP contribution in [-0.2, 0) is 11.3 Å². The molecule has 1 aliphatic heterocycles. The van der Waals surface area contributed by atoms with Crippen molar-refractivity contribution < 1.29 is 14.0 Å². The number of urea groups is 1. The summed E-state index contributed by atoms with van der Waals surface area (Å²) in [5.41, 5.74) is 2.41. The molecule has 1 heterocycles. The normalized spacial score (nSPS) is 15.8. The summed E-state index contributed by atoms with van der Waals surface area (Å²) in [5, 5.41) is 2.99. The van der Waals surface area contributed by atoms with Gasteiger partial charge in [0, 0.05) is 24.3 Å². The van der Waals surface area contributed by atoms with E-state index in [1.165, 1.54) is 12.1 Å². The van der Waals surface area contributed by atoms with E-state index >= 15 is 0 Å². The third-order valence-corrected chi connectivity index (χ3v) is 5.09. The molecule has 0 radical (unpaired) electrons. The van der Waals surface area contributed by atoms with Crippen molar-refractivity contribution >= 4 is 23.3 Å². The molecule has 152 valence electrons. The van der Waals surface area contributed by atoms with Crippen LogP contribution >= 0.6 is 0 Å². The number of carbonyl (C=O) groups is 2. The highest BCUT2D eigenvalue weighted by atomic mass is 19.1. The number of hydrogen-bond acceptors (Lipinski definition) is 2. The van der Waals surface area contributed by atoms with Crippen LogP contribution in [-0.4, -0.2) is 24.5 Å². The molecule has 3 amide bonds. The number of halogens is 1. The second-order valence-electron chi connectivity index (χ2n) is 7.24. The Hall–Kier alpha value is -3.67. The van der Waals surface area contributed by atoms with Crippen LogP contribution in [0.2, 0.25) is 0 Å². The number of benzene rings is 3. The second kappa shape index (κ2) is 8.78. The van der Waals surface area contributed by atoms with Gasteiger partial charge in [0.25, 0.3) is 0 Å². The van der Waals surface area contributed by atoms with Gasteiger partial charge in [-0.2, -0.15) is 0 Å². The fraction of sp³-hybridized carbons (Fsp3) is 0.167. The minimum Gasteiger partial charge on any atom is -0.333 e. The van der Waals surface area contributed by atoms with Crippen molar-refractivity contribution in [2.45, 2.75) is 19.0 Å². The van der Waals surface area contributed by atoms with Gasteiger partial charge in [-0.05, 0) is 42.0 Å². The van der Waals surface area contributed by atoms with E-state index in [-0.39, 0.29) is 30.2 Å². The molecule has 0 unspecified atom stereocenters. The molecule has 0 aromatic heterocycles. The Morgan fingerprint density at radius 2 is 1.60 bits per heavy atom. The molecular weight excluding hydrogens is 381 g/mol. The molecule has 5 nitrogen and oxygen atoms in total. The van der Waals surface area contributed by atoms with Gasteiger partial charge in [0.1, 0.15) is 5.82 Å². The quantitative estimate of drug-likeness (QED) is 0.689. The Morgan fingerprint density at radius 3 is 2.27 bits per heavy atom. The molecule has 0 saturated carbocycles. The van der Waals surface area contributed by atoms with Gasteiger partial charge in [-0.3, -0.25) is 9.69 Å². The fourth-order valence-electron chi connectivity index (χ4n) is 3.58. The molecule has 4 rings (SSSR count). The van der Waals surface area contributed by atoms with Crippen molar-refractivity contribution in [1.29, 1.82) is 0 Å². The van der Waals surface area contributed by atoms with E-state index in [0.29, 0.717) is 18.8 Å². The first-order chi connectivity index (χ1) is 14.6. The van der Waals surface area contributed by atoms with Crippen LogP contribution in [0, 0.1) is 5.82 Å². The minimum atomic E-state index is -0.352. The van der Waals surface area contributed by atoms with Gasteiger partial charge < -0.3 is 10.2 Å². The van der Waals surface area contributed by atoms with Crippen molar-refractivity contribution in [2.75, 3.05) is 16.3 Å². The average Bonchev–Trinajstić information content (AvgIpc) is 3.13. The first-order valence-corrected chi connectivity index (χ1v) is 9.83. The Bertz CT molecular complexity index is 1010. The number of carbonyl (C=O) groups excluding carboxylic acids is 2. The number of anilines is 2. The molecule has 1 N–H and O–H groups in total. The van der Waals surface area contributed by atoms with Crippen LogP contribution in [0.3, 0.4) is 0 Å². The second-order valence-corrected chi connectivity index (χ2v) is 7.24. The predicted molar refractivity (Wildman–Crippen MR) is 115 cm³/mol. The number of hydrogen-bond donors (Lipinski definition) is 1. The van der Waals surface area contributed by atoms with Crippen LogP contribution in [0.1, 0.15) is 12.0 Å². The summed E-state index contributed by atoms with van der Waals surface area (Å²) in [4.78, 5) is 28.8. The van der Waals surface area contributed by atoms with Gasteiger partial charge in [0.15, 0.2) is 0 Å². The summed E-state index contributed by atoms with van der Waals surface area (Å²) in [6.45, 7) is 0.767. The minimum absolute atomic E-state index is 0.0961. The highest BCUT2D eigenvalue weighted by molar-refractivity contribution is 5.98. The van der Waals surface area contributed by atoms with Gasteiger partial charge in [-0.15, -0.1) is 0 Å². The third-order valence-electron chi connectivity index (χ3n) is 5.09. The van der Waals surface area contributed by atoms with Crippen LogP contribution < -0.4 is 15.1 Å². The van der Waals surface area contributed by atoms with Gasteiger partial charge in [-0.25, -0.2) is 9.18 Å². The van der Waals surface area contributed by atoms with E-state index < -0.39 is 0 Å². The van der Waals surface area contributed by atoms with Crippen LogP contribution in [0.4, 0.5) is 20.6 Å². The Labute approximate surface area is 174 Å². The number of amides is 3. The molecule has 0 aliphatic carbocycles. The van der Waals surface area contributed by atoms with Gasteiger partial charge in [0.05, 0.1) is 12.6 Å². The molecule has 0 spiro atoms. The molecule has 30 heavy (non-hydrogen) atoms. The van der Waals surface area contributed by atoms with Crippen LogP contribution in [0.5, 0.6) is 0 Å². The van der Waals surface area contributed by atoms with E-state index in [9.17, 15) is 14.0 Å². The first kappa shape index (κ1) is 19.6. The number of para-hydroxylation sites is 1. The van der Waals surface area contributed by atoms with E-state index in [2.05, 4.69) is 5.32 Å². The van der Waals surface area contributed by atoms with Crippen molar-refractivity contribution in [3.05, 3.63) is 96.3 Å². The lowest BCUT2D eigenvalue weighted by molar-refractivity contribution is -0.117. The highest BCUT2D eigenvalue weighted by Gasteiger charge is 2.32. The van der Waals surface area contributed by atoms with Gasteiger partial charge in [0.2, 0.25) is 5.91 Å². The standard InChI is InChI=1S/C24H22FN3O2/c25-19-11-13-22(14-12-19)27-17-20(15-23(27)29)26-24(30)28(21-9-5-2-6-10-21)16-18-7-3-1-4-8-18/h1-14,20H,15-17H2,(H,26,30)/t20-/m0/s1. The van der Waals surface area contributed by atoms with Crippen LogP contribution in [0.15, 0.2) is 84.9 Å². The lowest BCUT2D eigenvalue weighted by Crippen LogP contribution is -2.45. The smallest absolute Gasteiger partial charge is 0.322 e.